The molecule has 1 aromatic rings. The maximum absolute atomic E-state index is 13.2. The van der Waals surface area contributed by atoms with Crippen molar-refractivity contribution in [2.24, 2.45) is 4.99 Å². The molecule has 1 heterocycles. The zero-order valence-corrected chi connectivity index (χ0v) is 16.2. The van der Waals surface area contributed by atoms with Crippen molar-refractivity contribution in [2.75, 3.05) is 39.9 Å². The molecule has 1 N–H and O–H groups in total. The van der Waals surface area contributed by atoms with Crippen LogP contribution in [0.15, 0.2) is 29.3 Å². The van der Waals surface area contributed by atoms with Crippen molar-refractivity contribution >= 4 is 5.96 Å². The zero-order chi connectivity index (χ0) is 18.8. The smallest absolute Gasteiger partial charge is 0.194 e. The van der Waals surface area contributed by atoms with E-state index in [2.05, 4.69) is 24.1 Å². The summed E-state index contributed by atoms with van der Waals surface area (Å²) in [5, 5.41) is 3.39. The van der Waals surface area contributed by atoms with Crippen LogP contribution in [0.2, 0.25) is 0 Å². The lowest BCUT2D eigenvalue weighted by Crippen LogP contribution is -2.50. The van der Waals surface area contributed by atoms with Crippen LogP contribution in [0.1, 0.15) is 44.8 Å². The molecule has 0 radical (unpaired) electrons. The third-order valence-corrected chi connectivity index (χ3v) is 4.40. The summed E-state index contributed by atoms with van der Waals surface area (Å²) >= 11 is 0. The van der Waals surface area contributed by atoms with Gasteiger partial charge in [0.25, 0.3) is 0 Å². The van der Waals surface area contributed by atoms with Gasteiger partial charge in [-0.2, -0.15) is 0 Å². The van der Waals surface area contributed by atoms with Crippen molar-refractivity contribution < 1.29 is 13.9 Å². The number of aliphatic imine (C=N–C) groups is 1. The van der Waals surface area contributed by atoms with Crippen molar-refractivity contribution in [3.8, 4) is 0 Å². The molecule has 2 atom stereocenters. The molecule has 26 heavy (non-hydrogen) atoms. The molecule has 146 valence electrons. The Morgan fingerprint density at radius 1 is 1.27 bits per heavy atom. The zero-order valence-electron chi connectivity index (χ0n) is 16.2. The lowest BCUT2D eigenvalue weighted by molar-refractivity contribution is -0.0605. The van der Waals surface area contributed by atoms with Crippen molar-refractivity contribution in [3.63, 3.8) is 0 Å². The highest BCUT2D eigenvalue weighted by atomic mass is 19.1. The molecule has 0 aliphatic carbocycles. The molecular weight excluding hydrogens is 333 g/mol. The summed E-state index contributed by atoms with van der Waals surface area (Å²) in [6, 6.07) is 6.58. The number of nitrogens with one attached hydrogen (secondary N) is 1. The number of unbranched alkanes of at least 4 members (excludes halogenated alkanes) is 2. The summed E-state index contributed by atoms with van der Waals surface area (Å²) in [6.45, 7) is 8.10. The number of hydrogen-bond donors (Lipinski definition) is 1. The molecule has 5 nitrogen and oxygen atoms in total. The van der Waals surface area contributed by atoms with E-state index in [1.807, 2.05) is 0 Å². The van der Waals surface area contributed by atoms with Gasteiger partial charge >= 0.3 is 0 Å². The number of halogens is 1. The van der Waals surface area contributed by atoms with Crippen LogP contribution < -0.4 is 5.32 Å². The predicted octanol–water partition coefficient (Wildman–Crippen LogP) is 3.37. The number of benzene rings is 1. The normalized spacial score (nSPS) is 21.1. The van der Waals surface area contributed by atoms with Crippen LogP contribution in [0.3, 0.4) is 0 Å². The molecular formula is C20H32FN3O2. The van der Waals surface area contributed by atoms with Gasteiger partial charge in [-0.05, 0) is 50.8 Å². The first-order chi connectivity index (χ1) is 12.6. The highest BCUT2D eigenvalue weighted by Gasteiger charge is 2.28. The first-order valence-corrected chi connectivity index (χ1v) is 9.57. The summed E-state index contributed by atoms with van der Waals surface area (Å²) < 4.78 is 24.4. The fraction of sp³-hybridized carbons (Fsp3) is 0.650. The molecule has 1 saturated heterocycles. The minimum Gasteiger partial charge on any atom is -0.385 e. The van der Waals surface area contributed by atoms with E-state index in [-0.39, 0.29) is 18.0 Å². The molecule has 2 unspecified atom stereocenters. The molecule has 0 saturated carbocycles. The Balaban J connectivity index is 1.98. The van der Waals surface area contributed by atoms with Crippen LogP contribution in [0, 0.1) is 5.82 Å². The van der Waals surface area contributed by atoms with Crippen LogP contribution in [0.5, 0.6) is 0 Å². The van der Waals surface area contributed by atoms with E-state index in [0.29, 0.717) is 6.54 Å². The number of hydrogen-bond acceptors (Lipinski definition) is 3. The lowest BCUT2D eigenvalue weighted by Gasteiger charge is -2.38. The fourth-order valence-corrected chi connectivity index (χ4v) is 3.13. The standard InChI is InChI=1S/C20H32FN3O2/c1-4-22-20(23-12-6-5-7-13-25-3)24-14-16(2)26-19(15-24)17-8-10-18(21)11-9-17/h8-11,16,19H,4-7,12-15H2,1-3H3,(H,22,23). The average Bonchev–Trinajstić information content (AvgIpc) is 2.63. The van der Waals surface area contributed by atoms with Crippen LogP contribution in [0.25, 0.3) is 0 Å². The maximum atomic E-state index is 13.2. The van der Waals surface area contributed by atoms with Gasteiger partial charge in [-0.1, -0.05) is 12.1 Å². The molecule has 0 aromatic heterocycles. The monoisotopic (exact) mass is 365 g/mol. The third-order valence-electron chi connectivity index (χ3n) is 4.40. The summed E-state index contributed by atoms with van der Waals surface area (Å²) in [6.07, 6.45) is 3.26. The van der Waals surface area contributed by atoms with Crippen LogP contribution >= 0.6 is 0 Å². The van der Waals surface area contributed by atoms with E-state index < -0.39 is 0 Å². The van der Waals surface area contributed by atoms with Crippen LogP contribution in [0.4, 0.5) is 4.39 Å². The maximum Gasteiger partial charge on any atom is 0.194 e. The Labute approximate surface area is 156 Å². The molecule has 0 amide bonds. The average molecular weight is 365 g/mol. The fourth-order valence-electron chi connectivity index (χ4n) is 3.13. The Morgan fingerprint density at radius 2 is 2.04 bits per heavy atom. The van der Waals surface area contributed by atoms with Gasteiger partial charge in [-0.15, -0.1) is 0 Å². The van der Waals surface area contributed by atoms with Gasteiger partial charge in [0, 0.05) is 33.4 Å². The number of methoxy groups -OCH3 is 1. The van der Waals surface area contributed by atoms with Crippen molar-refractivity contribution in [1.29, 1.82) is 0 Å². The largest absolute Gasteiger partial charge is 0.385 e. The van der Waals surface area contributed by atoms with Crippen molar-refractivity contribution in [1.82, 2.24) is 10.2 Å². The quantitative estimate of drug-likeness (QED) is 0.436. The van der Waals surface area contributed by atoms with E-state index in [9.17, 15) is 4.39 Å². The molecule has 1 fully saturated rings. The van der Waals surface area contributed by atoms with Crippen LogP contribution in [-0.2, 0) is 9.47 Å². The number of nitrogens with zero attached hydrogens (tertiary/aromatic N) is 2. The molecule has 1 aliphatic heterocycles. The predicted molar refractivity (Wildman–Crippen MR) is 103 cm³/mol. The highest BCUT2D eigenvalue weighted by Crippen LogP contribution is 2.25. The molecule has 1 aromatic carbocycles. The van der Waals surface area contributed by atoms with Gasteiger partial charge in [0.15, 0.2) is 5.96 Å². The molecule has 6 heteroatoms. The number of guanidine groups is 1. The van der Waals surface area contributed by atoms with Gasteiger partial charge in [0.1, 0.15) is 11.9 Å². The SMILES string of the molecule is CCNC(=NCCCCCOC)N1CC(C)OC(c2ccc(F)cc2)C1. The second-order valence-electron chi connectivity index (χ2n) is 6.68. The summed E-state index contributed by atoms with van der Waals surface area (Å²) in [5.74, 6) is 0.708. The molecule has 2 rings (SSSR count). The second-order valence-corrected chi connectivity index (χ2v) is 6.68. The van der Waals surface area contributed by atoms with E-state index in [0.717, 1.165) is 57.0 Å². The van der Waals surface area contributed by atoms with Crippen molar-refractivity contribution in [2.45, 2.75) is 45.3 Å². The summed E-state index contributed by atoms with van der Waals surface area (Å²) in [5.41, 5.74) is 0.998. The first-order valence-electron chi connectivity index (χ1n) is 9.57. The lowest BCUT2D eigenvalue weighted by atomic mass is 10.1. The van der Waals surface area contributed by atoms with E-state index >= 15 is 0 Å². The Hall–Kier alpha value is -1.66. The summed E-state index contributed by atoms with van der Waals surface area (Å²) in [7, 11) is 1.73. The minimum atomic E-state index is -0.224. The van der Waals surface area contributed by atoms with E-state index in [1.54, 1.807) is 19.2 Å². The first kappa shape index (κ1) is 20.6. The second kappa shape index (κ2) is 11.1. The topological polar surface area (TPSA) is 46.1 Å². The van der Waals surface area contributed by atoms with Gasteiger partial charge in [0.2, 0.25) is 0 Å². The van der Waals surface area contributed by atoms with Crippen LogP contribution in [-0.4, -0.2) is 56.9 Å². The Kier molecular flexibility index (Phi) is 8.85. The molecule has 1 aliphatic rings. The Morgan fingerprint density at radius 3 is 2.73 bits per heavy atom. The number of rotatable bonds is 8. The number of ether oxygens (including phenoxy) is 2. The number of morpholine rings is 1. The van der Waals surface area contributed by atoms with Gasteiger partial charge < -0.3 is 19.7 Å². The van der Waals surface area contributed by atoms with E-state index in [1.165, 1.54) is 12.1 Å². The van der Waals surface area contributed by atoms with E-state index in [4.69, 9.17) is 14.5 Å². The summed E-state index contributed by atoms with van der Waals surface area (Å²) in [4.78, 5) is 7.04. The molecule has 0 bridgehead atoms. The van der Waals surface area contributed by atoms with Gasteiger partial charge in [-0.3, -0.25) is 4.99 Å². The molecule has 0 spiro atoms. The van der Waals surface area contributed by atoms with Gasteiger partial charge in [0.05, 0.1) is 12.6 Å². The minimum absolute atomic E-state index is 0.0788. The Bertz CT molecular complexity index is 550. The third kappa shape index (κ3) is 6.57. The highest BCUT2D eigenvalue weighted by molar-refractivity contribution is 5.80. The van der Waals surface area contributed by atoms with Gasteiger partial charge in [-0.25, -0.2) is 4.39 Å². The van der Waals surface area contributed by atoms with Crippen molar-refractivity contribution in [3.05, 3.63) is 35.6 Å².